The normalized spacial score (nSPS) is 10.5. The van der Waals surface area contributed by atoms with Crippen LogP contribution in [0.15, 0.2) is 66.9 Å². The van der Waals surface area contributed by atoms with Gasteiger partial charge in [-0.3, -0.25) is 4.79 Å². The molecule has 0 unspecified atom stereocenters. The van der Waals surface area contributed by atoms with Crippen LogP contribution in [0.5, 0.6) is 0 Å². The Morgan fingerprint density at radius 2 is 1.46 bits per heavy atom. The maximum atomic E-state index is 13.6. The van der Waals surface area contributed by atoms with Gasteiger partial charge in [-0.25, -0.2) is 13.8 Å². The zero-order valence-corrected chi connectivity index (χ0v) is 15.3. The molecular weight excluding hydrogens is 360 g/mol. The number of carbonyl (C=O) groups excluding carboxylic acids is 1. The molecule has 0 radical (unpaired) electrons. The summed E-state index contributed by atoms with van der Waals surface area (Å²) in [7, 11) is 0. The topological polar surface area (TPSA) is 54.0 Å². The number of aromatic nitrogens is 1. The van der Waals surface area contributed by atoms with E-state index in [-0.39, 0.29) is 17.5 Å². The number of benzene rings is 2. The van der Waals surface area contributed by atoms with Crippen molar-refractivity contribution in [3.63, 3.8) is 0 Å². The van der Waals surface area contributed by atoms with Crippen LogP contribution >= 0.6 is 0 Å². The lowest BCUT2D eigenvalue weighted by atomic mass is 10.1. The molecule has 1 heterocycles. The van der Waals surface area contributed by atoms with E-state index in [1.807, 2.05) is 0 Å². The maximum absolute atomic E-state index is 13.6. The summed E-state index contributed by atoms with van der Waals surface area (Å²) in [5.74, 6) is -0.226. The molecule has 144 valence electrons. The highest BCUT2D eigenvalue weighted by molar-refractivity contribution is 5.94. The van der Waals surface area contributed by atoms with E-state index in [0.29, 0.717) is 48.4 Å². The van der Waals surface area contributed by atoms with Crippen molar-refractivity contribution in [1.82, 2.24) is 10.3 Å². The van der Waals surface area contributed by atoms with Crippen LogP contribution in [0.4, 0.5) is 14.6 Å². The van der Waals surface area contributed by atoms with Gasteiger partial charge in [-0.15, -0.1) is 0 Å². The van der Waals surface area contributed by atoms with Crippen molar-refractivity contribution in [3.8, 4) is 0 Å². The number of halogens is 2. The highest BCUT2D eigenvalue weighted by Crippen LogP contribution is 2.10. The Kier molecular flexibility index (Phi) is 6.68. The van der Waals surface area contributed by atoms with Gasteiger partial charge in [0.2, 0.25) is 0 Å². The van der Waals surface area contributed by atoms with Crippen LogP contribution in [-0.4, -0.2) is 24.0 Å². The molecule has 0 fully saturated rings. The van der Waals surface area contributed by atoms with Gasteiger partial charge in [0, 0.05) is 24.8 Å². The molecule has 6 heteroatoms. The maximum Gasteiger partial charge on any atom is 0.251 e. The highest BCUT2D eigenvalue weighted by atomic mass is 19.1. The number of pyridine rings is 1. The summed E-state index contributed by atoms with van der Waals surface area (Å²) >= 11 is 0. The fraction of sp³-hybridized carbons (Fsp3) is 0.182. The Labute approximate surface area is 162 Å². The lowest BCUT2D eigenvalue weighted by molar-refractivity contribution is 0.0954. The molecule has 1 amide bonds. The molecule has 0 saturated heterocycles. The Balaban J connectivity index is 1.50. The molecule has 0 spiro atoms. The minimum Gasteiger partial charge on any atom is -0.370 e. The van der Waals surface area contributed by atoms with E-state index < -0.39 is 0 Å². The third kappa shape index (κ3) is 5.36. The van der Waals surface area contributed by atoms with Crippen molar-refractivity contribution in [2.75, 3.05) is 18.4 Å². The molecule has 0 aliphatic rings. The summed E-state index contributed by atoms with van der Waals surface area (Å²) in [5, 5.41) is 5.88. The van der Waals surface area contributed by atoms with Crippen LogP contribution < -0.4 is 10.6 Å². The molecule has 0 saturated carbocycles. The molecule has 0 bridgehead atoms. The summed E-state index contributed by atoms with van der Waals surface area (Å²) in [5.41, 5.74) is 1.64. The van der Waals surface area contributed by atoms with Crippen molar-refractivity contribution in [2.45, 2.75) is 12.8 Å². The van der Waals surface area contributed by atoms with Crippen LogP contribution in [0, 0.1) is 11.6 Å². The van der Waals surface area contributed by atoms with Gasteiger partial charge >= 0.3 is 0 Å². The number of carbonyl (C=O) groups is 1. The number of hydrogen-bond donors (Lipinski definition) is 2. The van der Waals surface area contributed by atoms with E-state index in [2.05, 4.69) is 15.6 Å². The Morgan fingerprint density at radius 1 is 0.857 bits per heavy atom. The molecule has 0 aliphatic heterocycles. The quantitative estimate of drug-likeness (QED) is 0.620. The molecule has 0 aliphatic carbocycles. The van der Waals surface area contributed by atoms with Crippen molar-refractivity contribution >= 4 is 11.7 Å². The molecule has 0 atom stereocenters. The number of nitrogens with zero attached hydrogens (tertiary/aromatic N) is 1. The standard InChI is InChI=1S/C22H21F2N3O/c23-19-7-3-1-5-16(19)9-12-25-21-15-18(11-13-26-21)22(28)27-14-10-17-6-2-4-8-20(17)24/h1-8,11,13,15H,9-10,12,14H2,(H,25,26)(H,27,28). The minimum absolute atomic E-state index is 0.236. The molecule has 3 rings (SSSR count). The Morgan fingerprint density at radius 3 is 2.11 bits per heavy atom. The van der Waals surface area contributed by atoms with Gasteiger partial charge in [0.1, 0.15) is 17.5 Å². The second kappa shape index (κ2) is 9.60. The fourth-order valence-corrected chi connectivity index (χ4v) is 2.81. The Bertz CT molecular complexity index is 946. The first kappa shape index (κ1) is 19.5. The van der Waals surface area contributed by atoms with Gasteiger partial charge in [0.15, 0.2) is 0 Å². The molecule has 3 aromatic rings. The number of hydrogen-bond acceptors (Lipinski definition) is 3. The predicted molar refractivity (Wildman–Crippen MR) is 105 cm³/mol. The third-order valence-corrected chi connectivity index (χ3v) is 4.32. The largest absolute Gasteiger partial charge is 0.370 e. The number of amides is 1. The summed E-state index contributed by atoms with van der Waals surface area (Å²) < 4.78 is 27.2. The average Bonchev–Trinajstić information content (AvgIpc) is 2.71. The van der Waals surface area contributed by atoms with E-state index in [1.54, 1.807) is 48.5 Å². The SMILES string of the molecule is O=C(NCCc1ccccc1F)c1ccnc(NCCc2ccccc2F)c1. The second-order valence-corrected chi connectivity index (χ2v) is 6.30. The third-order valence-electron chi connectivity index (χ3n) is 4.32. The van der Waals surface area contributed by atoms with Gasteiger partial charge in [-0.1, -0.05) is 36.4 Å². The number of rotatable bonds is 8. The predicted octanol–water partition coefficient (Wildman–Crippen LogP) is 3.99. The average molecular weight is 381 g/mol. The summed E-state index contributed by atoms with van der Waals surface area (Å²) in [6.07, 6.45) is 2.46. The van der Waals surface area contributed by atoms with Gasteiger partial charge in [0.25, 0.3) is 5.91 Å². The van der Waals surface area contributed by atoms with Crippen LogP contribution in [-0.2, 0) is 12.8 Å². The van der Waals surface area contributed by atoms with Crippen molar-refractivity contribution < 1.29 is 13.6 Å². The molecule has 28 heavy (non-hydrogen) atoms. The van der Waals surface area contributed by atoms with Crippen molar-refractivity contribution in [2.24, 2.45) is 0 Å². The van der Waals surface area contributed by atoms with E-state index in [1.165, 1.54) is 18.3 Å². The zero-order valence-electron chi connectivity index (χ0n) is 15.3. The first-order chi connectivity index (χ1) is 13.6. The second-order valence-electron chi connectivity index (χ2n) is 6.30. The van der Waals surface area contributed by atoms with E-state index in [4.69, 9.17) is 0 Å². The van der Waals surface area contributed by atoms with E-state index in [9.17, 15) is 13.6 Å². The number of anilines is 1. The smallest absolute Gasteiger partial charge is 0.251 e. The molecule has 4 nitrogen and oxygen atoms in total. The summed E-state index contributed by atoms with van der Waals surface area (Å²) in [6, 6.07) is 16.4. The van der Waals surface area contributed by atoms with Crippen molar-refractivity contribution in [3.05, 3.63) is 95.2 Å². The Hall–Kier alpha value is -3.28. The van der Waals surface area contributed by atoms with E-state index >= 15 is 0 Å². The first-order valence-corrected chi connectivity index (χ1v) is 9.08. The molecule has 2 aromatic carbocycles. The molecular formula is C22H21F2N3O. The fourth-order valence-electron chi connectivity index (χ4n) is 2.81. The van der Waals surface area contributed by atoms with Gasteiger partial charge in [-0.05, 0) is 48.2 Å². The van der Waals surface area contributed by atoms with Crippen LogP contribution in [0.3, 0.4) is 0 Å². The summed E-state index contributed by atoms with van der Waals surface area (Å²) in [6.45, 7) is 0.824. The lowest BCUT2D eigenvalue weighted by Gasteiger charge is -2.09. The monoisotopic (exact) mass is 381 g/mol. The molecule has 2 N–H and O–H groups in total. The van der Waals surface area contributed by atoms with Crippen LogP contribution in [0.25, 0.3) is 0 Å². The number of nitrogens with one attached hydrogen (secondary N) is 2. The lowest BCUT2D eigenvalue weighted by Crippen LogP contribution is -2.26. The van der Waals surface area contributed by atoms with Crippen LogP contribution in [0.1, 0.15) is 21.5 Å². The van der Waals surface area contributed by atoms with Gasteiger partial charge in [0.05, 0.1) is 0 Å². The highest BCUT2D eigenvalue weighted by Gasteiger charge is 2.08. The zero-order chi connectivity index (χ0) is 19.8. The van der Waals surface area contributed by atoms with Crippen molar-refractivity contribution in [1.29, 1.82) is 0 Å². The van der Waals surface area contributed by atoms with Gasteiger partial charge < -0.3 is 10.6 Å². The van der Waals surface area contributed by atoms with Gasteiger partial charge in [-0.2, -0.15) is 0 Å². The van der Waals surface area contributed by atoms with E-state index in [0.717, 1.165) is 0 Å². The first-order valence-electron chi connectivity index (χ1n) is 9.08. The van der Waals surface area contributed by atoms with Crippen LogP contribution in [0.2, 0.25) is 0 Å². The minimum atomic E-state index is -0.276. The molecule has 1 aromatic heterocycles. The summed E-state index contributed by atoms with van der Waals surface area (Å²) in [4.78, 5) is 16.5.